The molecule has 0 amide bonds. The van der Waals surface area contributed by atoms with Crippen molar-refractivity contribution in [2.45, 2.75) is 32.1 Å². The van der Waals surface area contributed by atoms with E-state index in [0.29, 0.717) is 12.3 Å². The summed E-state index contributed by atoms with van der Waals surface area (Å²) in [4.78, 5) is 22.2. The monoisotopic (exact) mass is 152 g/mol. The molecule has 11 heavy (non-hydrogen) atoms. The van der Waals surface area contributed by atoms with E-state index in [0.717, 1.165) is 19.3 Å². The van der Waals surface area contributed by atoms with E-state index >= 15 is 0 Å². The van der Waals surface area contributed by atoms with Crippen molar-refractivity contribution in [2.75, 3.05) is 0 Å². The Morgan fingerprint density at radius 3 is 2.82 bits per heavy atom. The van der Waals surface area contributed by atoms with Crippen molar-refractivity contribution >= 4 is 11.6 Å². The molecule has 60 valence electrons. The molecule has 0 aromatic carbocycles. The van der Waals surface area contributed by atoms with Crippen LogP contribution in [0.1, 0.15) is 32.1 Å². The highest BCUT2D eigenvalue weighted by molar-refractivity contribution is 6.38. The van der Waals surface area contributed by atoms with Crippen molar-refractivity contribution in [3.63, 3.8) is 0 Å². The lowest BCUT2D eigenvalue weighted by Gasteiger charge is -2.04. The minimum atomic E-state index is -0.114. The van der Waals surface area contributed by atoms with E-state index in [4.69, 9.17) is 0 Å². The zero-order chi connectivity index (χ0) is 7.84. The molecule has 2 atom stereocenters. The van der Waals surface area contributed by atoms with Gasteiger partial charge in [-0.2, -0.15) is 0 Å². The van der Waals surface area contributed by atoms with Crippen LogP contribution in [0.25, 0.3) is 0 Å². The lowest BCUT2D eigenvalue weighted by Crippen LogP contribution is -2.18. The Balaban J connectivity index is 2.06. The molecule has 0 heterocycles. The van der Waals surface area contributed by atoms with Gasteiger partial charge in [0.15, 0.2) is 5.78 Å². The highest BCUT2D eigenvalue weighted by Crippen LogP contribution is 2.44. The summed E-state index contributed by atoms with van der Waals surface area (Å²) in [6, 6.07) is 0. The summed E-state index contributed by atoms with van der Waals surface area (Å²) in [7, 11) is 0. The van der Waals surface area contributed by atoms with Gasteiger partial charge in [0.05, 0.1) is 0 Å². The van der Waals surface area contributed by atoms with Crippen LogP contribution in [0, 0.1) is 11.8 Å². The maximum atomic E-state index is 11.2. The van der Waals surface area contributed by atoms with Crippen LogP contribution >= 0.6 is 0 Å². The van der Waals surface area contributed by atoms with Crippen LogP contribution in [-0.2, 0) is 9.59 Å². The highest BCUT2D eigenvalue weighted by Gasteiger charge is 2.45. The van der Waals surface area contributed by atoms with Gasteiger partial charge in [0.25, 0.3) is 0 Å². The van der Waals surface area contributed by atoms with Gasteiger partial charge in [-0.15, -0.1) is 0 Å². The van der Waals surface area contributed by atoms with Crippen LogP contribution < -0.4 is 0 Å². The first kappa shape index (κ1) is 7.01. The summed E-state index contributed by atoms with van der Waals surface area (Å²) in [5, 5.41) is 0. The Bertz CT molecular complexity index is 208. The molecule has 0 aromatic heterocycles. The van der Waals surface area contributed by atoms with Gasteiger partial charge < -0.3 is 0 Å². The average molecular weight is 152 g/mol. The number of carbonyl (C=O) groups is 2. The first-order valence-corrected chi connectivity index (χ1v) is 4.36. The number of rotatable bonds is 0. The molecule has 0 unspecified atom stereocenters. The van der Waals surface area contributed by atoms with Crippen molar-refractivity contribution in [3.05, 3.63) is 0 Å². The zero-order valence-electron chi connectivity index (χ0n) is 6.51. The van der Waals surface area contributed by atoms with Gasteiger partial charge >= 0.3 is 0 Å². The smallest absolute Gasteiger partial charge is 0.201 e. The number of hydrogen-bond acceptors (Lipinski definition) is 2. The Kier molecular flexibility index (Phi) is 1.55. The summed E-state index contributed by atoms with van der Waals surface area (Å²) in [6.45, 7) is 0. The quantitative estimate of drug-likeness (QED) is 0.491. The summed E-state index contributed by atoms with van der Waals surface area (Å²) in [5.41, 5.74) is 0. The summed E-state index contributed by atoms with van der Waals surface area (Å²) < 4.78 is 0. The molecule has 2 heteroatoms. The fraction of sp³-hybridized carbons (Fsp3) is 0.778. The van der Waals surface area contributed by atoms with Crippen molar-refractivity contribution in [1.29, 1.82) is 0 Å². The largest absolute Gasteiger partial charge is 0.291 e. The van der Waals surface area contributed by atoms with Gasteiger partial charge in [0.1, 0.15) is 0 Å². The van der Waals surface area contributed by atoms with Crippen LogP contribution in [0.3, 0.4) is 0 Å². The van der Waals surface area contributed by atoms with Crippen LogP contribution in [0.4, 0.5) is 0 Å². The SMILES string of the molecule is O=C1CCCC[C@H]2C[C@@H]2C1=O. The summed E-state index contributed by atoms with van der Waals surface area (Å²) in [6.07, 6.45) is 4.73. The van der Waals surface area contributed by atoms with E-state index in [-0.39, 0.29) is 17.5 Å². The van der Waals surface area contributed by atoms with Gasteiger partial charge in [-0.1, -0.05) is 6.42 Å². The number of carbonyl (C=O) groups excluding carboxylic acids is 2. The van der Waals surface area contributed by atoms with Crippen LogP contribution in [0.2, 0.25) is 0 Å². The number of Topliss-reactive ketones (excluding diaryl/α,β-unsaturated/α-hetero) is 2. The minimum Gasteiger partial charge on any atom is -0.291 e. The Morgan fingerprint density at radius 2 is 2.00 bits per heavy atom. The Labute approximate surface area is 66.0 Å². The lowest BCUT2D eigenvalue weighted by molar-refractivity contribution is -0.137. The molecule has 2 rings (SSSR count). The minimum absolute atomic E-state index is 0.0744. The third-order valence-corrected chi connectivity index (χ3v) is 2.76. The van der Waals surface area contributed by atoms with E-state index in [9.17, 15) is 9.59 Å². The van der Waals surface area contributed by atoms with Crippen LogP contribution in [0.15, 0.2) is 0 Å². The van der Waals surface area contributed by atoms with Gasteiger partial charge in [0.2, 0.25) is 5.78 Å². The first-order chi connectivity index (χ1) is 5.29. The molecule has 0 aliphatic heterocycles. The van der Waals surface area contributed by atoms with Crippen LogP contribution in [0.5, 0.6) is 0 Å². The van der Waals surface area contributed by atoms with Crippen molar-refractivity contribution in [2.24, 2.45) is 11.8 Å². The predicted molar refractivity (Wildman–Crippen MR) is 40.1 cm³/mol. The third-order valence-electron chi connectivity index (χ3n) is 2.76. The van der Waals surface area contributed by atoms with Gasteiger partial charge in [-0.25, -0.2) is 0 Å². The molecule has 2 fully saturated rings. The molecule has 0 N–H and O–H groups in total. The second kappa shape index (κ2) is 2.43. The van der Waals surface area contributed by atoms with Gasteiger partial charge in [-0.05, 0) is 25.2 Å². The standard InChI is InChI=1S/C9H12O2/c10-8-4-2-1-3-6-5-7(6)9(8)11/h6-7H,1-5H2/t6-,7-/m0/s1. The third kappa shape index (κ3) is 1.22. The van der Waals surface area contributed by atoms with Crippen molar-refractivity contribution in [1.82, 2.24) is 0 Å². The summed E-state index contributed by atoms with van der Waals surface area (Å²) >= 11 is 0. The maximum absolute atomic E-state index is 11.2. The fourth-order valence-corrected chi connectivity index (χ4v) is 1.91. The van der Waals surface area contributed by atoms with E-state index in [1.165, 1.54) is 6.42 Å². The van der Waals surface area contributed by atoms with Gasteiger partial charge in [-0.3, -0.25) is 9.59 Å². The normalized spacial score (nSPS) is 37.5. The van der Waals surface area contributed by atoms with Crippen molar-refractivity contribution in [3.8, 4) is 0 Å². The molecule has 2 aliphatic rings. The van der Waals surface area contributed by atoms with E-state index in [1.807, 2.05) is 0 Å². The summed E-state index contributed by atoms with van der Waals surface area (Å²) in [5.74, 6) is 0.529. The average Bonchev–Trinajstić information content (AvgIpc) is 2.73. The fourth-order valence-electron chi connectivity index (χ4n) is 1.91. The molecule has 2 saturated carbocycles. The topological polar surface area (TPSA) is 34.1 Å². The van der Waals surface area contributed by atoms with Crippen LogP contribution in [-0.4, -0.2) is 11.6 Å². The molecule has 2 aliphatic carbocycles. The lowest BCUT2D eigenvalue weighted by atomic mass is 9.99. The molecule has 0 saturated heterocycles. The Hall–Kier alpha value is -0.660. The first-order valence-electron chi connectivity index (χ1n) is 4.36. The van der Waals surface area contributed by atoms with E-state index < -0.39 is 0 Å². The molecular formula is C9H12O2. The second-order valence-electron chi connectivity index (χ2n) is 3.64. The molecule has 0 spiro atoms. The van der Waals surface area contributed by atoms with Gasteiger partial charge in [0, 0.05) is 12.3 Å². The van der Waals surface area contributed by atoms with E-state index in [2.05, 4.69) is 0 Å². The number of hydrogen-bond donors (Lipinski definition) is 0. The molecule has 0 radical (unpaired) electrons. The number of ketones is 2. The highest BCUT2D eigenvalue weighted by atomic mass is 16.2. The second-order valence-corrected chi connectivity index (χ2v) is 3.64. The molecule has 0 aromatic rings. The predicted octanol–water partition coefficient (Wildman–Crippen LogP) is 1.33. The zero-order valence-corrected chi connectivity index (χ0v) is 6.51. The molecule has 0 bridgehead atoms. The maximum Gasteiger partial charge on any atom is 0.201 e. The number of fused-ring (bicyclic) bond motifs is 1. The van der Waals surface area contributed by atoms with E-state index in [1.54, 1.807) is 0 Å². The van der Waals surface area contributed by atoms with Crippen molar-refractivity contribution < 1.29 is 9.59 Å². The Morgan fingerprint density at radius 1 is 1.18 bits per heavy atom. The molecular weight excluding hydrogens is 140 g/mol. The molecule has 2 nitrogen and oxygen atoms in total.